The Hall–Kier alpha value is -2.34. The molecule has 2 aromatic carbocycles. The summed E-state index contributed by atoms with van der Waals surface area (Å²) in [6.07, 6.45) is 1.14. The monoisotopic (exact) mass is 360 g/mol. The molecule has 0 radical (unpaired) electrons. The van der Waals surface area contributed by atoms with E-state index in [-0.39, 0.29) is 11.9 Å². The van der Waals surface area contributed by atoms with E-state index in [0.29, 0.717) is 16.8 Å². The van der Waals surface area contributed by atoms with Crippen LogP contribution in [0.3, 0.4) is 0 Å². The van der Waals surface area contributed by atoms with Gasteiger partial charge in [0.1, 0.15) is 0 Å². The first-order valence-corrected chi connectivity index (χ1v) is 9.87. The molecule has 0 unspecified atom stereocenters. The minimum absolute atomic E-state index is 0.149. The van der Waals surface area contributed by atoms with Crippen molar-refractivity contribution in [1.82, 2.24) is 5.32 Å². The van der Waals surface area contributed by atoms with Crippen LogP contribution in [0.4, 0.5) is 5.69 Å². The van der Waals surface area contributed by atoms with Crippen LogP contribution < -0.4 is 9.62 Å². The van der Waals surface area contributed by atoms with Gasteiger partial charge in [-0.2, -0.15) is 0 Å². The Bertz CT molecular complexity index is 874. The normalized spacial score (nSPS) is 12.5. The van der Waals surface area contributed by atoms with E-state index in [4.69, 9.17) is 0 Å². The van der Waals surface area contributed by atoms with Gasteiger partial charge in [0.15, 0.2) is 0 Å². The van der Waals surface area contributed by atoms with Crippen molar-refractivity contribution < 1.29 is 13.2 Å². The summed E-state index contributed by atoms with van der Waals surface area (Å²) in [7, 11) is -1.91. The highest BCUT2D eigenvalue weighted by Crippen LogP contribution is 2.24. The average molecular weight is 360 g/mol. The van der Waals surface area contributed by atoms with E-state index in [1.807, 2.05) is 38.1 Å². The Labute approximate surface area is 149 Å². The quantitative estimate of drug-likeness (QED) is 0.890. The molecule has 2 rings (SSSR count). The Morgan fingerprint density at radius 1 is 1.08 bits per heavy atom. The van der Waals surface area contributed by atoms with E-state index < -0.39 is 10.0 Å². The number of sulfonamides is 1. The van der Waals surface area contributed by atoms with E-state index in [0.717, 1.165) is 17.4 Å². The maximum absolute atomic E-state index is 12.7. The van der Waals surface area contributed by atoms with Crippen LogP contribution in [0.25, 0.3) is 0 Å². The van der Waals surface area contributed by atoms with Crippen molar-refractivity contribution in [3.05, 3.63) is 64.7 Å². The number of hydrogen-bond acceptors (Lipinski definition) is 3. The zero-order chi connectivity index (χ0) is 18.8. The SMILES string of the molecule is Cc1ccc([C@H](C)NC(=O)c2cccc(N(C)S(C)(=O)=O)c2C)cc1. The number of amides is 1. The van der Waals surface area contributed by atoms with Gasteiger partial charge in [-0.1, -0.05) is 35.9 Å². The summed E-state index contributed by atoms with van der Waals surface area (Å²) in [6.45, 7) is 5.69. The van der Waals surface area contributed by atoms with Crippen LogP contribution in [-0.4, -0.2) is 27.6 Å². The molecule has 1 atom stereocenters. The molecule has 25 heavy (non-hydrogen) atoms. The van der Waals surface area contributed by atoms with Crippen molar-refractivity contribution in [3.8, 4) is 0 Å². The lowest BCUT2D eigenvalue weighted by Crippen LogP contribution is -2.29. The van der Waals surface area contributed by atoms with Crippen molar-refractivity contribution in [2.24, 2.45) is 0 Å². The van der Waals surface area contributed by atoms with E-state index in [1.54, 1.807) is 25.1 Å². The Kier molecular flexibility index (Phi) is 5.52. The molecule has 6 heteroatoms. The van der Waals surface area contributed by atoms with Crippen LogP contribution in [0, 0.1) is 13.8 Å². The van der Waals surface area contributed by atoms with E-state index in [9.17, 15) is 13.2 Å². The molecule has 0 spiro atoms. The summed E-state index contributed by atoms with van der Waals surface area (Å²) in [5.41, 5.74) is 3.77. The Morgan fingerprint density at radius 2 is 1.68 bits per heavy atom. The van der Waals surface area contributed by atoms with Crippen molar-refractivity contribution >= 4 is 21.6 Å². The molecule has 0 saturated heterocycles. The predicted molar refractivity (Wildman–Crippen MR) is 101 cm³/mol. The maximum Gasteiger partial charge on any atom is 0.252 e. The number of benzene rings is 2. The molecule has 0 aliphatic carbocycles. The average Bonchev–Trinajstić information content (AvgIpc) is 2.54. The van der Waals surface area contributed by atoms with Gasteiger partial charge in [-0.05, 0) is 44.0 Å². The number of aryl methyl sites for hydroxylation is 1. The third-order valence-corrected chi connectivity index (χ3v) is 5.50. The molecule has 0 fully saturated rings. The van der Waals surface area contributed by atoms with E-state index in [1.165, 1.54) is 11.4 Å². The van der Waals surface area contributed by atoms with Gasteiger partial charge < -0.3 is 5.32 Å². The smallest absolute Gasteiger partial charge is 0.252 e. The van der Waals surface area contributed by atoms with Crippen molar-refractivity contribution in [2.45, 2.75) is 26.8 Å². The predicted octanol–water partition coefficient (Wildman–Crippen LogP) is 3.19. The first-order valence-electron chi connectivity index (χ1n) is 8.02. The summed E-state index contributed by atoms with van der Waals surface area (Å²) in [5, 5.41) is 2.97. The number of hydrogen-bond donors (Lipinski definition) is 1. The fourth-order valence-electron chi connectivity index (χ4n) is 2.60. The first kappa shape index (κ1) is 19.0. The van der Waals surface area contributed by atoms with Crippen LogP contribution in [-0.2, 0) is 10.0 Å². The molecule has 0 heterocycles. The van der Waals surface area contributed by atoms with Crippen LogP contribution >= 0.6 is 0 Å². The lowest BCUT2D eigenvalue weighted by atomic mass is 10.0. The zero-order valence-electron chi connectivity index (χ0n) is 15.2. The van der Waals surface area contributed by atoms with Gasteiger partial charge in [0.25, 0.3) is 5.91 Å². The molecule has 134 valence electrons. The number of anilines is 1. The lowest BCUT2D eigenvalue weighted by Gasteiger charge is -2.21. The number of carbonyl (C=O) groups excluding carboxylic acids is 1. The maximum atomic E-state index is 12.7. The standard InChI is InChI=1S/C19H24N2O3S/c1-13-9-11-16(12-10-13)15(3)20-19(22)17-7-6-8-18(14(17)2)21(4)25(5,23)24/h6-12,15H,1-5H3,(H,20,22)/t15-/m0/s1. The molecule has 0 aromatic heterocycles. The molecule has 0 aliphatic heterocycles. The van der Waals surface area contributed by atoms with Crippen LogP contribution in [0.5, 0.6) is 0 Å². The largest absolute Gasteiger partial charge is 0.346 e. The zero-order valence-corrected chi connectivity index (χ0v) is 16.0. The van der Waals surface area contributed by atoms with Gasteiger partial charge in [0.05, 0.1) is 18.0 Å². The van der Waals surface area contributed by atoms with Crippen LogP contribution in [0.1, 0.15) is 40.0 Å². The van der Waals surface area contributed by atoms with Gasteiger partial charge >= 0.3 is 0 Å². The molecule has 2 aromatic rings. The van der Waals surface area contributed by atoms with Gasteiger partial charge in [-0.25, -0.2) is 8.42 Å². The number of carbonyl (C=O) groups is 1. The van der Waals surface area contributed by atoms with Gasteiger partial charge in [0.2, 0.25) is 10.0 Å². The van der Waals surface area contributed by atoms with E-state index >= 15 is 0 Å². The van der Waals surface area contributed by atoms with Gasteiger partial charge in [-0.3, -0.25) is 9.10 Å². The first-order chi connectivity index (χ1) is 11.6. The summed E-state index contributed by atoms with van der Waals surface area (Å²) >= 11 is 0. The summed E-state index contributed by atoms with van der Waals surface area (Å²) in [6, 6.07) is 12.9. The van der Waals surface area contributed by atoms with Crippen molar-refractivity contribution in [1.29, 1.82) is 0 Å². The van der Waals surface area contributed by atoms with Gasteiger partial charge in [-0.15, -0.1) is 0 Å². The van der Waals surface area contributed by atoms with Gasteiger partial charge in [0, 0.05) is 12.6 Å². The molecular formula is C19H24N2O3S. The van der Waals surface area contributed by atoms with Crippen molar-refractivity contribution in [3.63, 3.8) is 0 Å². The molecule has 0 bridgehead atoms. The minimum atomic E-state index is -3.39. The number of nitrogens with zero attached hydrogens (tertiary/aromatic N) is 1. The van der Waals surface area contributed by atoms with Crippen molar-refractivity contribution in [2.75, 3.05) is 17.6 Å². The fourth-order valence-corrected chi connectivity index (χ4v) is 3.16. The molecule has 0 saturated carbocycles. The minimum Gasteiger partial charge on any atom is -0.346 e. The topological polar surface area (TPSA) is 66.5 Å². The second-order valence-corrected chi connectivity index (χ2v) is 8.30. The molecule has 0 aliphatic rings. The summed E-state index contributed by atoms with van der Waals surface area (Å²) in [5.74, 6) is -0.227. The van der Waals surface area contributed by atoms with Crippen LogP contribution in [0.2, 0.25) is 0 Å². The second kappa shape index (κ2) is 7.27. The third-order valence-electron chi connectivity index (χ3n) is 4.31. The van der Waals surface area contributed by atoms with Crippen LogP contribution in [0.15, 0.2) is 42.5 Å². The molecular weight excluding hydrogens is 336 g/mol. The molecule has 1 N–H and O–H groups in total. The third kappa shape index (κ3) is 4.39. The lowest BCUT2D eigenvalue weighted by molar-refractivity contribution is 0.0939. The summed E-state index contributed by atoms with van der Waals surface area (Å²) < 4.78 is 24.7. The number of nitrogens with one attached hydrogen (secondary N) is 1. The summed E-state index contributed by atoms with van der Waals surface area (Å²) in [4.78, 5) is 12.7. The highest BCUT2D eigenvalue weighted by Gasteiger charge is 2.19. The fraction of sp³-hybridized carbons (Fsp3) is 0.316. The molecule has 1 amide bonds. The number of rotatable bonds is 5. The highest BCUT2D eigenvalue weighted by molar-refractivity contribution is 7.92. The second-order valence-electron chi connectivity index (χ2n) is 6.29. The molecule has 5 nitrogen and oxygen atoms in total. The van der Waals surface area contributed by atoms with E-state index in [2.05, 4.69) is 5.32 Å². The Balaban J connectivity index is 2.26. The Morgan fingerprint density at radius 3 is 2.24 bits per heavy atom. The highest BCUT2D eigenvalue weighted by atomic mass is 32.2.